The van der Waals surface area contributed by atoms with E-state index in [1.165, 1.54) is 18.2 Å². The van der Waals surface area contributed by atoms with Crippen LogP contribution in [0.15, 0.2) is 28.5 Å². The Hall–Kier alpha value is -2.22. The smallest absolute Gasteiger partial charge is 0.258 e. The second-order valence-electron chi connectivity index (χ2n) is 3.59. The summed E-state index contributed by atoms with van der Waals surface area (Å²) in [6.07, 6.45) is 0. The molecule has 0 saturated carbocycles. The molecule has 0 saturated heterocycles. The van der Waals surface area contributed by atoms with Crippen molar-refractivity contribution in [2.24, 2.45) is 0 Å². The van der Waals surface area contributed by atoms with E-state index >= 15 is 0 Å². The van der Waals surface area contributed by atoms with Crippen molar-refractivity contribution in [1.82, 2.24) is 4.98 Å². The third kappa shape index (κ3) is 3.27. The minimum atomic E-state index is -4.08. The third-order valence-electron chi connectivity index (χ3n) is 2.22. The molecule has 108 valence electrons. The summed E-state index contributed by atoms with van der Waals surface area (Å²) in [5.41, 5.74) is -0.528. The van der Waals surface area contributed by atoms with Gasteiger partial charge in [-0.2, -0.15) is 5.26 Å². The summed E-state index contributed by atoms with van der Waals surface area (Å²) in [6, 6.07) is 6.58. The summed E-state index contributed by atoms with van der Waals surface area (Å²) in [4.78, 5) is 13.9. The Labute approximate surface area is 127 Å². The number of anilines is 1. The van der Waals surface area contributed by atoms with Crippen LogP contribution in [-0.4, -0.2) is 18.3 Å². The van der Waals surface area contributed by atoms with Crippen molar-refractivity contribution in [3.8, 4) is 6.07 Å². The summed E-state index contributed by atoms with van der Waals surface area (Å²) in [5, 5.41) is 19.4. The average Bonchev–Trinajstić information content (AvgIpc) is 2.87. The van der Waals surface area contributed by atoms with Crippen LogP contribution in [0.4, 0.5) is 11.5 Å². The van der Waals surface area contributed by atoms with Crippen LogP contribution in [0.1, 0.15) is 4.88 Å². The number of nitro groups is 1. The molecule has 8 nitrogen and oxygen atoms in total. The molecule has 0 atom stereocenters. The molecule has 0 fully saturated rings. The van der Waals surface area contributed by atoms with E-state index in [1.807, 2.05) is 4.72 Å². The van der Waals surface area contributed by atoms with E-state index < -0.39 is 26.5 Å². The van der Waals surface area contributed by atoms with E-state index in [2.05, 4.69) is 4.98 Å². The van der Waals surface area contributed by atoms with E-state index in [1.54, 1.807) is 6.07 Å². The zero-order valence-electron chi connectivity index (χ0n) is 9.98. The molecule has 2 aromatic rings. The summed E-state index contributed by atoms with van der Waals surface area (Å²) >= 11 is 6.35. The SMILES string of the molecule is N#Cc1ccc(S(=O)(=O)Nc2nc(Cl)ccc2[N+](=O)[O-])s1. The molecule has 0 spiro atoms. The Bertz CT molecular complexity index is 856. The Morgan fingerprint density at radius 1 is 1.38 bits per heavy atom. The lowest BCUT2D eigenvalue weighted by Gasteiger charge is -2.06. The van der Waals surface area contributed by atoms with E-state index in [0.717, 1.165) is 17.4 Å². The van der Waals surface area contributed by atoms with Crippen molar-refractivity contribution in [3.63, 3.8) is 0 Å². The Balaban J connectivity index is 2.43. The highest BCUT2D eigenvalue weighted by molar-refractivity contribution is 7.94. The van der Waals surface area contributed by atoms with Gasteiger partial charge in [0.05, 0.1) is 4.92 Å². The minimum absolute atomic E-state index is 0.0952. The Morgan fingerprint density at radius 3 is 2.67 bits per heavy atom. The van der Waals surface area contributed by atoms with Crippen LogP contribution < -0.4 is 4.72 Å². The van der Waals surface area contributed by atoms with Crippen LogP contribution >= 0.6 is 22.9 Å². The van der Waals surface area contributed by atoms with Crippen molar-refractivity contribution >= 4 is 44.5 Å². The number of nitriles is 1. The van der Waals surface area contributed by atoms with Crippen LogP contribution in [0.5, 0.6) is 0 Å². The summed E-state index contributed by atoms with van der Waals surface area (Å²) in [7, 11) is -4.08. The molecule has 21 heavy (non-hydrogen) atoms. The van der Waals surface area contributed by atoms with E-state index in [4.69, 9.17) is 16.9 Å². The summed E-state index contributed by atoms with van der Waals surface area (Å²) in [6.45, 7) is 0. The van der Waals surface area contributed by atoms with Gasteiger partial charge in [-0.05, 0) is 18.2 Å². The third-order valence-corrected chi connectivity index (χ3v) is 5.26. The number of nitrogens with zero attached hydrogens (tertiary/aromatic N) is 3. The number of hydrogen-bond acceptors (Lipinski definition) is 7. The highest BCUT2D eigenvalue weighted by atomic mass is 35.5. The molecule has 0 radical (unpaired) electrons. The largest absolute Gasteiger partial charge is 0.312 e. The Morgan fingerprint density at radius 2 is 2.10 bits per heavy atom. The molecular weight excluding hydrogens is 340 g/mol. The molecule has 1 N–H and O–H groups in total. The second kappa shape index (κ2) is 5.65. The maximum absolute atomic E-state index is 12.1. The zero-order valence-corrected chi connectivity index (χ0v) is 12.4. The number of halogens is 1. The monoisotopic (exact) mass is 344 g/mol. The topological polar surface area (TPSA) is 126 Å². The molecule has 2 aromatic heterocycles. The van der Waals surface area contributed by atoms with Gasteiger partial charge in [0.1, 0.15) is 20.3 Å². The summed E-state index contributed by atoms with van der Waals surface area (Å²) in [5.74, 6) is -0.487. The molecule has 0 unspecified atom stereocenters. The van der Waals surface area contributed by atoms with Crippen molar-refractivity contribution in [2.75, 3.05) is 4.72 Å². The van der Waals surface area contributed by atoms with Gasteiger partial charge < -0.3 is 0 Å². The predicted molar refractivity (Wildman–Crippen MR) is 75.7 cm³/mol. The van der Waals surface area contributed by atoms with Crippen LogP contribution in [-0.2, 0) is 10.0 Å². The molecule has 0 aliphatic rings. The van der Waals surface area contributed by atoms with Crippen LogP contribution in [0.3, 0.4) is 0 Å². The molecule has 0 bridgehead atoms. The fourth-order valence-corrected chi connectivity index (χ4v) is 3.62. The van der Waals surface area contributed by atoms with Crippen LogP contribution in [0.2, 0.25) is 5.15 Å². The number of thiophene rings is 1. The zero-order chi connectivity index (χ0) is 15.6. The summed E-state index contributed by atoms with van der Waals surface area (Å²) < 4.78 is 26.0. The Kier molecular flexibility index (Phi) is 4.08. The number of sulfonamides is 1. The molecule has 2 rings (SSSR count). The van der Waals surface area contributed by atoms with Gasteiger partial charge in [0.2, 0.25) is 5.82 Å². The number of rotatable bonds is 4. The van der Waals surface area contributed by atoms with Gasteiger partial charge in [0.15, 0.2) is 0 Å². The molecule has 2 heterocycles. The van der Waals surface area contributed by atoms with Gasteiger partial charge in [-0.25, -0.2) is 13.4 Å². The van der Waals surface area contributed by atoms with Gasteiger partial charge in [-0.1, -0.05) is 11.6 Å². The molecule has 0 aromatic carbocycles. The maximum atomic E-state index is 12.1. The maximum Gasteiger partial charge on any atom is 0.312 e. The molecule has 0 aliphatic carbocycles. The molecule has 0 amide bonds. The first-order chi connectivity index (χ1) is 9.83. The van der Waals surface area contributed by atoms with Crippen molar-refractivity contribution in [1.29, 1.82) is 5.26 Å². The highest BCUT2D eigenvalue weighted by Crippen LogP contribution is 2.28. The number of hydrogen-bond donors (Lipinski definition) is 1. The average molecular weight is 345 g/mol. The fourth-order valence-electron chi connectivity index (χ4n) is 1.35. The van der Waals surface area contributed by atoms with Gasteiger partial charge in [-0.15, -0.1) is 11.3 Å². The van der Waals surface area contributed by atoms with Crippen molar-refractivity contribution in [2.45, 2.75) is 4.21 Å². The van der Waals surface area contributed by atoms with Crippen molar-refractivity contribution in [3.05, 3.63) is 44.4 Å². The van der Waals surface area contributed by atoms with Crippen molar-refractivity contribution < 1.29 is 13.3 Å². The standard InChI is InChI=1S/C10H5ClN4O4S2/c11-8-3-2-7(15(16)17)10(13-8)14-21(18,19)9-4-1-6(5-12)20-9/h1-4H,(H,13,14). The number of pyridine rings is 1. The second-order valence-corrected chi connectivity index (χ2v) is 6.98. The van der Waals surface area contributed by atoms with Gasteiger partial charge >= 0.3 is 5.69 Å². The van der Waals surface area contributed by atoms with E-state index in [9.17, 15) is 18.5 Å². The molecular formula is C10H5ClN4O4S2. The lowest BCUT2D eigenvalue weighted by molar-refractivity contribution is -0.384. The van der Waals surface area contributed by atoms with Crippen LogP contribution in [0.25, 0.3) is 0 Å². The van der Waals surface area contributed by atoms with Crippen LogP contribution in [0, 0.1) is 21.4 Å². The lowest BCUT2D eigenvalue weighted by atomic mass is 10.4. The highest BCUT2D eigenvalue weighted by Gasteiger charge is 2.24. The van der Waals surface area contributed by atoms with Gasteiger partial charge in [-0.3, -0.25) is 14.8 Å². The normalized spacial score (nSPS) is 10.9. The first-order valence-corrected chi connectivity index (χ1v) is 7.85. The van der Waals surface area contributed by atoms with E-state index in [-0.39, 0.29) is 14.2 Å². The lowest BCUT2D eigenvalue weighted by Crippen LogP contribution is -2.14. The molecule has 0 aliphatic heterocycles. The first-order valence-electron chi connectivity index (χ1n) is 5.17. The van der Waals surface area contributed by atoms with E-state index in [0.29, 0.717) is 0 Å². The minimum Gasteiger partial charge on any atom is -0.258 e. The molecule has 11 heteroatoms. The number of nitrogens with one attached hydrogen (secondary N) is 1. The fraction of sp³-hybridized carbons (Fsp3) is 0. The number of aromatic nitrogens is 1. The quantitative estimate of drug-likeness (QED) is 0.515. The van der Waals surface area contributed by atoms with Gasteiger partial charge in [0, 0.05) is 6.07 Å². The van der Waals surface area contributed by atoms with Gasteiger partial charge in [0.25, 0.3) is 10.0 Å². The predicted octanol–water partition coefficient (Wildman–Crippen LogP) is 2.38. The first kappa shape index (κ1) is 15.2.